The van der Waals surface area contributed by atoms with Crippen molar-refractivity contribution in [3.8, 4) is 52.4 Å². The highest BCUT2D eigenvalue weighted by Gasteiger charge is 2.70. The Morgan fingerprint density at radius 2 is 1.78 bits per heavy atom. The molecule has 7 aliphatic rings. The number of rotatable bonds is 11. The van der Waals surface area contributed by atoms with Crippen LogP contribution < -0.4 is 24.3 Å². The molecule has 20 heteroatoms. The number of aliphatic hydroxyl groups excluding tert-OH is 2. The summed E-state index contributed by atoms with van der Waals surface area (Å²) in [6, 6.07) is 6.01. The normalized spacial score (nSPS) is 34.3. The van der Waals surface area contributed by atoms with E-state index in [1.54, 1.807) is 25.1 Å². The Morgan fingerprint density at radius 1 is 1.03 bits per heavy atom. The third-order valence-corrected chi connectivity index (χ3v) is 14.1. The van der Waals surface area contributed by atoms with E-state index in [1.807, 2.05) is 39.8 Å². The summed E-state index contributed by atoms with van der Waals surface area (Å²) in [7, 11) is 6.60. The van der Waals surface area contributed by atoms with E-state index in [4.69, 9.17) is 59.0 Å². The number of hydrogen-bond acceptors (Lipinski definition) is 18. The number of benzene rings is 2. The van der Waals surface area contributed by atoms with Crippen LogP contribution in [0.1, 0.15) is 76.0 Å². The van der Waals surface area contributed by atoms with Crippen molar-refractivity contribution in [3.05, 3.63) is 70.0 Å². The molecule has 2 aliphatic carbocycles. The van der Waals surface area contributed by atoms with Gasteiger partial charge in [-0.05, 0) is 90.5 Å². The number of aliphatic hydroxyl groups is 3. The van der Waals surface area contributed by atoms with Gasteiger partial charge in [-0.25, -0.2) is 4.98 Å². The van der Waals surface area contributed by atoms with Crippen LogP contribution in [-0.2, 0) is 33.2 Å². The van der Waals surface area contributed by atoms with Crippen LogP contribution in [0.3, 0.4) is 0 Å². The Hall–Kier alpha value is -5.68. The van der Waals surface area contributed by atoms with Crippen LogP contribution in [0.15, 0.2) is 53.6 Å². The molecule has 19 nitrogen and oxygen atoms in total. The number of allylic oxidation sites excluding steroid dienone is 1. The lowest BCUT2D eigenvalue weighted by Crippen LogP contribution is -2.57. The highest BCUT2D eigenvalue weighted by Crippen LogP contribution is 2.54. The van der Waals surface area contributed by atoms with Gasteiger partial charge in [0.05, 0.1) is 74.0 Å². The Kier molecular flexibility index (Phi) is 14.7. The van der Waals surface area contributed by atoms with Crippen LogP contribution in [-0.4, -0.2) is 162 Å². The number of amides is 1. The average molecular weight is 1030 g/mol. The maximum atomic E-state index is 14.4. The number of aromatic nitrogens is 1. The number of aromatic hydroxyl groups is 1. The molecule has 390 valence electrons. The van der Waals surface area contributed by atoms with Crippen LogP contribution in [0.5, 0.6) is 28.7 Å². The van der Waals surface area contributed by atoms with Gasteiger partial charge in [0.15, 0.2) is 46.7 Å². The van der Waals surface area contributed by atoms with Crippen molar-refractivity contribution in [2.24, 2.45) is 0 Å². The molecule has 2 aromatic carbocycles. The van der Waals surface area contributed by atoms with Crippen molar-refractivity contribution < 1.29 is 77.4 Å². The van der Waals surface area contributed by atoms with Crippen molar-refractivity contribution in [2.45, 2.75) is 145 Å². The molecule has 1 spiro atoms. The number of pyridine rings is 1. The number of phenolic OH excluding ortho intramolecular Hbond substituents is 1. The number of likely N-dealkylation sites (N-methyl/N-ethyl adjacent to an activating group) is 1. The quantitative estimate of drug-likeness (QED) is 0.0789. The van der Waals surface area contributed by atoms with Crippen molar-refractivity contribution >= 4 is 34.2 Å². The number of esters is 1. The number of fused-ring (bicyclic) bond motifs is 8. The van der Waals surface area contributed by atoms with Gasteiger partial charge >= 0.3 is 5.97 Å². The van der Waals surface area contributed by atoms with E-state index in [9.17, 15) is 30.0 Å². The zero-order valence-corrected chi connectivity index (χ0v) is 42.6. The fourth-order valence-electron chi connectivity index (χ4n) is 10.3. The number of epoxide rings is 1. The standard InChI is InChI=1S/C53H60ClN3O16/c1-25(2)67-38-18-29-17-35(58)32(20-31(29)46(64-8)47(38)65-9)51(62)56-34-21-42(60)66-24-40(71-43-22-36(59)45(57(6)7)26(3)68-43)28-11-10-12-41-53(73-41)30(14-13-28)19-39(70-37-16-15-33(34)55-50(37)54)49(53)72-44-23-52(5,63)48(61)27(4)69-44/h11,15-20,25-27,34,36,39-41,43-45,48-49,58-59,61,63H,21-24H2,1-9H3,(H,56,62)/b28-11+/t26-,27-,34+,36-,39-,40+,41-,43-,44-,45+,48-,49-,52+,53+/m0/s1. The largest absolute Gasteiger partial charge is 0.507 e. The van der Waals surface area contributed by atoms with E-state index in [2.05, 4.69) is 34.0 Å². The van der Waals surface area contributed by atoms with Gasteiger partial charge in [0.1, 0.15) is 36.8 Å². The predicted octanol–water partition coefficient (Wildman–Crippen LogP) is 4.03. The molecular weight excluding hydrogens is 970 g/mol. The maximum Gasteiger partial charge on any atom is 0.308 e. The Bertz CT molecular complexity index is 2840. The van der Waals surface area contributed by atoms with E-state index in [-0.39, 0.29) is 64.4 Å². The summed E-state index contributed by atoms with van der Waals surface area (Å²) in [5.74, 6) is 11.6. The number of carbonyl (C=O) groups is 2. The van der Waals surface area contributed by atoms with Gasteiger partial charge in [-0.2, -0.15) is 0 Å². The first-order valence-corrected chi connectivity index (χ1v) is 24.5. The minimum Gasteiger partial charge on any atom is -0.507 e. The third kappa shape index (κ3) is 10.3. The SMILES string of the molecule is COc1c(OC(C)C)cc2cc(O)c(C(=O)N[C@@H]3CC(=O)OC[C@@H](O[C@H]4C[C@H](O)[C@H](N(C)C)[C@H](C)O4)/C4=C/C#C[C@@H]5O[C@]56C(=C[C@H](Oc5ccc3nc5Cl)[C@@H]6O[C@H]3C[C@@](C)(O)[C@@H](O)[C@H](C)O3)C#C4)cc2c1OC. The topological polar surface area (TPSA) is 239 Å². The first kappa shape index (κ1) is 52.2. The predicted molar refractivity (Wildman–Crippen MR) is 261 cm³/mol. The molecule has 10 rings (SSSR count). The lowest BCUT2D eigenvalue weighted by molar-refractivity contribution is -0.290. The van der Waals surface area contributed by atoms with E-state index < -0.39 is 104 Å². The summed E-state index contributed by atoms with van der Waals surface area (Å²) in [6.07, 6.45) is -6.53. The summed E-state index contributed by atoms with van der Waals surface area (Å²) >= 11 is 6.92. The van der Waals surface area contributed by atoms with Crippen molar-refractivity contribution in [1.29, 1.82) is 0 Å². The fourth-order valence-corrected chi connectivity index (χ4v) is 10.5. The molecule has 6 heterocycles. The van der Waals surface area contributed by atoms with E-state index in [0.29, 0.717) is 27.7 Å². The van der Waals surface area contributed by atoms with E-state index in [0.717, 1.165) is 0 Å². The van der Waals surface area contributed by atoms with Crippen molar-refractivity contribution in [2.75, 3.05) is 34.9 Å². The molecule has 73 heavy (non-hydrogen) atoms. The van der Waals surface area contributed by atoms with Gasteiger partial charge in [-0.3, -0.25) is 9.59 Å². The van der Waals surface area contributed by atoms with Gasteiger partial charge in [0.25, 0.3) is 5.91 Å². The van der Waals surface area contributed by atoms with Crippen LogP contribution >= 0.6 is 11.6 Å². The first-order chi connectivity index (χ1) is 34.7. The summed E-state index contributed by atoms with van der Waals surface area (Å²) in [6.45, 7) is 8.27. The molecule has 0 unspecified atom stereocenters. The third-order valence-electron chi connectivity index (χ3n) is 13.8. The van der Waals surface area contributed by atoms with Crippen molar-refractivity contribution in [1.82, 2.24) is 15.2 Å². The van der Waals surface area contributed by atoms with Gasteiger partial charge in [-0.15, -0.1) is 0 Å². The van der Waals surface area contributed by atoms with Gasteiger partial charge in [0.2, 0.25) is 5.75 Å². The van der Waals surface area contributed by atoms with Crippen LogP contribution in [0, 0.1) is 23.7 Å². The van der Waals surface area contributed by atoms with Gasteiger partial charge in [0, 0.05) is 35.5 Å². The molecular formula is C53H60ClN3O16. The monoisotopic (exact) mass is 1030 g/mol. The minimum absolute atomic E-state index is 0.0841. The zero-order valence-electron chi connectivity index (χ0n) is 41.8. The number of halogens is 1. The number of nitrogens with one attached hydrogen (secondary N) is 1. The highest BCUT2D eigenvalue weighted by molar-refractivity contribution is 6.30. The molecule has 3 aromatic rings. The fraction of sp³-hybridized carbons (Fsp3) is 0.528. The molecule has 3 saturated heterocycles. The van der Waals surface area contributed by atoms with E-state index >= 15 is 0 Å². The lowest BCUT2D eigenvalue weighted by Gasteiger charge is -2.43. The second kappa shape index (κ2) is 20.6. The second-order valence-electron chi connectivity index (χ2n) is 19.7. The number of carbonyl (C=O) groups excluding carboxylic acids is 2. The lowest BCUT2D eigenvalue weighted by atomic mass is 9.88. The molecule has 1 amide bonds. The first-order valence-electron chi connectivity index (χ1n) is 24.1. The molecule has 0 radical (unpaired) electrons. The maximum absolute atomic E-state index is 14.4. The summed E-state index contributed by atoms with van der Waals surface area (Å²) in [5.41, 5.74) is -2.14. The average Bonchev–Trinajstić information content (AvgIpc) is 3.95. The summed E-state index contributed by atoms with van der Waals surface area (Å²) < 4.78 is 61.9. The number of hydrogen-bond donors (Lipinski definition) is 5. The van der Waals surface area contributed by atoms with Crippen LogP contribution in [0.2, 0.25) is 5.15 Å². The number of ether oxygens (including phenoxy) is 10. The number of nitrogens with zero attached hydrogens (tertiary/aromatic N) is 2. The van der Waals surface area contributed by atoms with Crippen LogP contribution in [0.4, 0.5) is 0 Å². The Morgan fingerprint density at radius 3 is 2.47 bits per heavy atom. The molecule has 3 fully saturated rings. The van der Waals surface area contributed by atoms with E-state index in [1.165, 1.54) is 45.4 Å². The van der Waals surface area contributed by atoms with Crippen molar-refractivity contribution in [3.63, 3.8) is 0 Å². The minimum atomic E-state index is -1.56. The zero-order chi connectivity index (χ0) is 52.3. The number of phenols is 1. The smallest absolute Gasteiger partial charge is 0.308 e. The van der Waals surface area contributed by atoms with Gasteiger partial charge < -0.3 is 78.0 Å². The molecule has 0 saturated carbocycles. The Balaban J connectivity index is 1.09. The molecule has 1 aromatic heterocycles. The Labute approximate surface area is 427 Å². The summed E-state index contributed by atoms with van der Waals surface area (Å²) in [4.78, 5) is 35.0. The highest BCUT2D eigenvalue weighted by atomic mass is 35.5. The van der Waals surface area contributed by atoms with Crippen LogP contribution in [0.25, 0.3) is 10.8 Å². The van der Waals surface area contributed by atoms with Gasteiger partial charge in [-0.1, -0.05) is 35.3 Å². The number of methoxy groups -OCH3 is 2. The molecule has 5 aliphatic heterocycles. The summed E-state index contributed by atoms with van der Waals surface area (Å²) in [5, 5.41) is 48.1. The second-order valence-corrected chi connectivity index (χ2v) is 20.1. The molecule has 5 bridgehead atoms. The molecule has 14 atom stereocenters. The molecule has 5 N–H and O–H groups in total.